The number of hydrogen-bond acceptors (Lipinski definition) is 3. The lowest BCUT2D eigenvalue weighted by Gasteiger charge is -2.36. The Morgan fingerprint density at radius 2 is 1.90 bits per heavy atom. The van der Waals surface area contributed by atoms with Crippen LogP contribution >= 0.6 is 24.0 Å². The van der Waals surface area contributed by atoms with Crippen LogP contribution < -0.4 is 10.6 Å². The second-order valence-corrected chi connectivity index (χ2v) is 5.90. The predicted molar refractivity (Wildman–Crippen MR) is 96.6 cm³/mol. The molecule has 0 unspecified atom stereocenters. The van der Waals surface area contributed by atoms with Crippen molar-refractivity contribution < 1.29 is 9.47 Å². The largest absolute Gasteiger partial charge is 0.381 e. The van der Waals surface area contributed by atoms with Crippen molar-refractivity contribution in [2.45, 2.75) is 56.6 Å². The SMILES string of the molecule is CN=C(NCC1(OC)CCOCC1)NC1CCCCC1.I. The predicted octanol–water partition coefficient (Wildman–Crippen LogP) is 2.30. The van der Waals surface area contributed by atoms with Gasteiger partial charge in [-0.3, -0.25) is 4.99 Å². The van der Waals surface area contributed by atoms with Crippen LogP contribution in [0.5, 0.6) is 0 Å². The molecule has 0 radical (unpaired) electrons. The summed E-state index contributed by atoms with van der Waals surface area (Å²) < 4.78 is 11.2. The van der Waals surface area contributed by atoms with E-state index in [1.165, 1.54) is 32.1 Å². The Balaban J connectivity index is 0.00000220. The molecule has 0 spiro atoms. The van der Waals surface area contributed by atoms with Crippen LogP contribution in [0.2, 0.25) is 0 Å². The van der Waals surface area contributed by atoms with E-state index < -0.39 is 0 Å². The maximum Gasteiger partial charge on any atom is 0.191 e. The van der Waals surface area contributed by atoms with Crippen molar-refractivity contribution in [3.8, 4) is 0 Å². The first-order valence-corrected chi connectivity index (χ1v) is 7.88. The van der Waals surface area contributed by atoms with Gasteiger partial charge in [0, 0.05) is 52.8 Å². The molecule has 0 amide bonds. The molecule has 0 aromatic heterocycles. The first-order chi connectivity index (χ1) is 9.78. The van der Waals surface area contributed by atoms with Crippen LogP contribution in [0.3, 0.4) is 0 Å². The molecule has 1 heterocycles. The third-order valence-electron chi connectivity index (χ3n) is 4.58. The van der Waals surface area contributed by atoms with Gasteiger partial charge in [-0.2, -0.15) is 0 Å². The quantitative estimate of drug-likeness (QED) is 0.424. The van der Waals surface area contributed by atoms with Gasteiger partial charge in [0.25, 0.3) is 0 Å². The number of guanidine groups is 1. The Labute approximate surface area is 145 Å². The molecule has 1 saturated carbocycles. The molecule has 2 rings (SSSR count). The van der Waals surface area contributed by atoms with Gasteiger partial charge in [0.05, 0.1) is 5.60 Å². The zero-order valence-corrected chi connectivity index (χ0v) is 15.7. The minimum atomic E-state index is -0.109. The Morgan fingerprint density at radius 3 is 2.48 bits per heavy atom. The summed E-state index contributed by atoms with van der Waals surface area (Å²) in [6, 6.07) is 0.572. The zero-order chi connectivity index (χ0) is 14.3. The van der Waals surface area contributed by atoms with Crippen LogP contribution in [0.25, 0.3) is 0 Å². The van der Waals surface area contributed by atoms with Gasteiger partial charge in [0.1, 0.15) is 0 Å². The number of nitrogens with zero attached hydrogens (tertiary/aromatic N) is 1. The van der Waals surface area contributed by atoms with E-state index >= 15 is 0 Å². The molecule has 21 heavy (non-hydrogen) atoms. The highest BCUT2D eigenvalue weighted by Gasteiger charge is 2.32. The highest BCUT2D eigenvalue weighted by atomic mass is 127. The highest BCUT2D eigenvalue weighted by Crippen LogP contribution is 2.23. The summed E-state index contributed by atoms with van der Waals surface area (Å²) in [4.78, 5) is 4.34. The number of nitrogens with one attached hydrogen (secondary N) is 2. The van der Waals surface area contributed by atoms with Crippen LogP contribution in [0, 0.1) is 0 Å². The van der Waals surface area contributed by atoms with E-state index in [9.17, 15) is 0 Å². The maximum atomic E-state index is 5.74. The van der Waals surface area contributed by atoms with Crippen molar-refractivity contribution in [2.75, 3.05) is 33.9 Å². The molecule has 2 aliphatic rings. The Kier molecular flexibility index (Phi) is 8.89. The third-order valence-corrected chi connectivity index (χ3v) is 4.58. The summed E-state index contributed by atoms with van der Waals surface area (Å²) in [5, 5.41) is 6.98. The standard InChI is InChI=1S/C15H29N3O2.HI/c1-16-14(18-13-6-4-3-5-7-13)17-12-15(19-2)8-10-20-11-9-15;/h13H,3-12H2,1-2H3,(H2,16,17,18);1H. The average molecular weight is 411 g/mol. The number of ether oxygens (including phenoxy) is 2. The number of rotatable bonds is 4. The Hall–Kier alpha value is -0.0800. The molecule has 2 fully saturated rings. The molecule has 6 heteroatoms. The summed E-state index contributed by atoms with van der Waals surface area (Å²) in [5.74, 6) is 0.903. The minimum Gasteiger partial charge on any atom is -0.381 e. The molecule has 5 nitrogen and oxygen atoms in total. The lowest BCUT2D eigenvalue weighted by atomic mass is 9.94. The highest BCUT2D eigenvalue weighted by molar-refractivity contribution is 14.0. The molecular formula is C15H30IN3O2. The fourth-order valence-corrected chi connectivity index (χ4v) is 3.08. The molecule has 0 bridgehead atoms. The molecule has 1 aliphatic heterocycles. The lowest BCUT2D eigenvalue weighted by molar-refractivity contribution is -0.0855. The van der Waals surface area contributed by atoms with Gasteiger partial charge in [-0.25, -0.2) is 0 Å². The van der Waals surface area contributed by atoms with E-state index in [0.29, 0.717) is 6.04 Å². The molecule has 1 saturated heterocycles. The Morgan fingerprint density at radius 1 is 1.24 bits per heavy atom. The van der Waals surface area contributed by atoms with E-state index in [2.05, 4.69) is 15.6 Å². The molecule has 0 aromatic carbocycles. The van der Waals surface area contributed by atoms with E-state index in [0.717, 1.165) is 38.6 Å². The molecular weight excluding hydrogens is 381 g/mol. The summed E-state index contributed by atoms with van der Waals surface area (Å²) in [6.45, 7) is 2.35. The summed E-state index contributed by atoms with van der Waals surface area (Å²) in [6.07, 6.45) is 8.42. The summed E-state index contributed by atoms with van der Waals surface area (Å²) in [5.41, 5.74) is -0.109. The van der Waals surface area contributed by atoms with Crippen LogP contribution in [0.15, 0.2) is 4.99 Å². The van der Waals surface area contributed by atoms with E-state index in [1.54, 1.807) is 7.11 Å². The molecule has 0 aromatic rings. The normalized spacial score (nSPS) is 23.2. The summed E-state index contributed by atoms with van der Waals surface area (Å²) >= 11 is 0. The van der Waals surface area contributed by atoms with Gasteiger partial charge in [0.15, 0.2) is 5.96 Å². The fourth-order valence-electron chi connectivity index (χ4n) is 3.08. The second-order valence-electron chi connectivity index (χ2n) is 5.90. The third kappa shape index (κ3) is 5.90. The number of methoxy groups -OCH3 is 1. The van der Waals surface area contributed by atoms with Crippen molar-refractivity contribution in [3.63, 3.8) is 0 Å². The van der Waals surface area contributed by atoms with Crippen molar-refractivity contribution in [1.82, 2.24) is 10.6 Å². The topological polar surface area (TPSA) is 54.9 Å². The van der Waals surface area contributed by atoms with E-state index in [4.69, 9.17) is 9.47 Å². The van der Waals surface area contributed by atoms with Crippen LogP contribution in [0.1, 0.15) is 44.9 Å². The monoisotopic (exact) mass is 411 g/mol. The van der Waals surface area contributed by atoms with Gasteiger partial charge >= 0.3 is 0 Å². The summed E-state index contributed by atoms with van der Waals surface area (Å²) in [7, 11) is 3.63. The van der Waals surface area contributed by atoms with Crippen molar-refractivity contribution in [3.05, 3.63) is 0 Å². The molecule has 0 atom stereocenters. The fraction of sp³-hybridized carbons (Fsp3) is 0.933. The number of halogens is 1. The van der Waals surface area contributed by atoms with Crippen LogP contribution in [-0.2, 0) is 9.47 Å². The zero-order valence-electron chi connectivity index (χ0n) is 13.3. The van der Waals surface area contributed by atoms with Crippen LogP contribution in [0.4, 0.5) is 0 Å². The lowest BCUT2D eigenvalue weighted by Crippen LogP contribution is -2.52. The van der Waals surface area contributed by atoms with Crippen molar-refractivity contribution in [2.24, 2.45) is 4.99 Å². The molecule has 2 N–H and O–H groups in total. The average Bonchev–Trinajstić information content (AvgIpc) is 2.53. The van der Waals surface area contributed by atoms with Gasteiger partial charge < -0.3 is 20.1 Å². The van der Waals surface area contributed by atoms with Crippen molar-refractivity contribution in [1.29, 1.82) is 0 Å². The first kappa shape index (κ1) is 19.0. The molecule has 124 valence electrons. The first-order valence-electron chi connectivity index (χ1n) is 7.88. The smallest absolute Gasteiger partial charge is 0.191 e. The minimum absolute atomic E-state index is 0. The Bertz CT molecular complexity index is 314. The maximum absolute atomic E-state index is 5.74. The van der Waals surface area contributed by atoms with Crippen molar-refractivity contribution >= 4 is 29.9 Å². The molecule has 1 aliphatic carbocycles. The van der Waals surface area contributed by atoms with Gasteiger partial charge in [-0.05, 0) is 12.8 Å². The number of aliphatic imine (C=N–C) groups is 1. The van der Waals surface area contributed by atoms with E-state index in [1.807, 2.05) is 7.05 Å². The van der Waals surface area contributed by atoms with Gasteiger partial charge in [-0.15, -0.1) is 24.0 Å². The van der Waals surface area contributed by atoms with Gasteiger partial charge in [-0.1, -0.05) is 19.3 Å². The van der Waals surface area contributed by atoms with E-state index in [-0.39, 0.29) is 29.6 Å². The number of hydrogen-bond donors (Lipinski definition) is 2. The van der Waals surface area contributed by atoms with Crippen LogP contribution in [-0.4, -0.2) is 51.5 Å². The van der Waals surface area contributed by atoms with Gasteiger partial charge in [0.2, 0.25) is 0 Å². The second kappa shape index (κ2) is 9.84.